The highest BCUT2D eigenvalue weighted by molar-refractivity contribution is 6.06. The van der Waals surface area contributed by atoms with Crippen molar-refractivity contribution in [1.82, 2.24) is 5.32 Å². The number of hydrogen-bond donors (Lipinski definition) is 1. The van der Waals surface area contributed by atoms with E-state index in [0.29, 0.717) is 34.9 Å². The second kappa shape index (κ2) is 10.3. The van der Waals surface area contributed by atoms with E-state index in [9.17, 15) is 14.0 Å². The standard InChI is InChI=1S/C27H27FN2O3/c1-33-25-7-3-5-22(16-25)27(32)30(18-21-4-2-6-23(28)14-21)24-12-10-19(11-13-24)15-26(31)29-17-20-8-9-20/h2-7,10-14,16,20H,8-9,15,17-18H2,1H3,(H,29,31). The molecule has 170 valence electrons. The molecule has 1 N–H and O–H groups in total. The van der Waals surface area contributed by atoms with E-state index in [2.05, 4.69) is 5.32 Å². The quantitative estimate of drug-likeness (QED) is 0.516. The predicted molar refractivity (Wildman–Crippen MR) is 126 cm³/mol. The van der Waals surface area contributed by atoms with E-state index in [1.807, 2.05) is 24.3 Å². The van der Waals surface area contributed by atoms with Gasteiger partial charge in [-0.15, -0.1) is 0 Å². The predicted octanol–water partition coefficient (Wildman–Crippen LogP) is 4.75. The lowest BCUT2D eigenvalue weighted by atomic mass is 10.1. The Morgan fingerprint density at radius 2 is 1.76 bits per heavy atom. The Balaban J connectivity index is 1.55. The molecular weight excluding hydrogens is 419 g/mol. The van der Waals surface area contributed by atoms with Gasteiger partial charge in [0.25, 0.3) is 5.91 Å². The SMILES string of the molecule is COc1cccc(C(=O)N(Cc2cccc(F)c2)c2ccc(CC(=O)NCC3CC3)cc2)c1. The zero-order valence-corrected chi connectivity index (χ0v) is 18.6. The summed E-state index contributed by atoms with van der Waals surface area (Å²) >= 11 is 0. The molecule has 2 amide bonds. The Morgan fingerprint density at radius 1 is 1.00 bits per heavy atom. The Morgan fingerprint density at radius 3 is 2.45 bits per heavy atom. The van der Waals surface area contributed by atoms with Gasteiger partial charge >= 0.3 is 0 Å². The van der Waals surface area contributed by atoms with Crippen LogP contribution in [-0.4, -0.2) is 25.5 Å². The number of anilines is 1. The number of carbonyl (C=O) groups excluding carboxylic acids is 2. The minimum Gasteiger partial charge on any atom is -0.497 e. The van der Waals surface area contributed by atoms with Gasteiger partial charge in [-0.1, -0.05) is 30.3 Å². The van der Waals surface area contributed by atoms with E-state index in [0.717, 1.165) is 12.1 Å². The van der Waals surface area contributed by atoms with Crippen LogP contribution in [0.1, 0.15) is 34.3 Å². The second-order valence-electron chi connectivity index (χ2n) is 8.34. The summed E-state index contributed by atoms with van der Waals surface area (Å²) in [4.78, 5) is 27.2. The Bertz CT molecular complexity index is 1130. The fraction of sp³-hybridized carbons (Fsp3) is 0.259. The highest BCUT2D eigenvalue weighted by Gasteiger charge is 2.22. The molecule has 0 aliphatic heterocycles. The summed E-state index contributed by atoms with van der Waals surface area (Å²) in [6.07, 6.45) is 2.68. The minimum absolute atomic E-state index is 0.00118. The summed E-state index contributed by atoms with van der Waals surface area (Å²) in [7, 11) is 1.55. The molecule has 0 unspecified atom stereocenters. The number of hydrogen-bond acceptors (Lipinski definition) is 3. The van der Waals surface area contributed by atoms with Gasteiger partial charge in [-0.25, -0.2) is 4.39 Å². The van der Waals surface area contributed by atoms with Gasteiger partial charge in [0.1, 0.15) is 11.6 Å². The number of rotatable bonds is 9. The lowest BCUT2D eigenvalue weighted by molar-refractivity contribution is -0.120. The summed E-state index contributed by atoms with van der Waals surface area (Å²) in [5, 5.41) is 2.97. The summed E-state index contributed by atoms with van der Waals surface area (Å²) in [5.41, 5.74) is 2.67. The van der Waals surface area contributed by atoms with Crippen LogP contribution in [0.4, 0.5) is 10.1 Å². The van der Waals surface area contributed by atoms with E-state index in [4.69, 9.17) is 4.74 Å². The van der Waals surface area contributed by atoms with Crippen LogP contribution in [0.5, 0.6) is 5.75 Å². The first-order valence-corrected chi connectivity index (χ1v) is 11.1. The van der Waals surface area contributed by atoms with Gasteiger partial charge in [0.15, 0.2) is 0 Å². The van der Waals surface area contributed by atoms with Gasteiger partial charge in [-0.05, 0) is 72.4 Å². The number of halogens is 1. The van der Waals surface area contributed by atoms with Crippen molar-refractivity contribution in [1.29, 1.82) is 0 Å². The van der Waals surface area contributed by atoms with E-state index in [-0.39, 0.29) is 24.2 Å². The van der Waals surface area contributed by atoms with Crippen LogP contribution in [0.15, 0.2) is 72.8 Å². The summed E-state index contributed by atoms with van der Waals surface area (Å²) in [6, 6.07) is 20.5. The van der Waals surface area contributed by atoms with Crippen LogP contribution >= 0.6 is 0 Å². The van der Waals surface area contributed by atoms with E-state index in [1.165, 1.54) is 25.0 Å². The molecule has 0 spiro atoms. The van der Waals surface area contributed by atoms with E-state index in [1.54, 1.807) is 48.4 Å². The number of ether oxygens (including phenoxy) is 1. The monoisotopic (exact) mass is 446 g/mol. The highest BCUT2D eigenvalue weighted by atomic mass is 19.1. The lowest BCUT2D eigenvalue weighted by Crippen LogP contribution is -2.30. The molecule has 1 fully saturated rings. The third-order valence-corrected chi connectivity index (χ3v) is 5.69. The Labute approximate surface area is 193 Å². The second-order valence-corrected chi connectivity index (χ2v) is 8.34. The van der Waals surface area contributed by atoms with Crippen LogP contribution in [0, 0.1) is 11.7 Å². The maximum Gasteiger partial charge on any atom is 0.258 e. The largest absolute Gasteiger partial charge is 0.497 e. The number of carbonyl (C=O) groups is 2. The zero-order chi connectivity index (χ0) is 23.2. The third-order valence-electron chi connectivity index (χ3n) is 5.69. The molecule has 1 saturated carbocycles. The van der Waals surface area contributed by atoms with Crippen molar-refractivity contribution >= 4 is 17.5 Å². The fourth-order valence-electron chi connectivity index (χ4n) is 3.63. The molecule has 0 radical (unpaired) electrons. The number of amides is 2. The maximum atomic E-state index is 13.8. The average Bonchev–Trinajstić information content (AvgIpc) is 3.66. The topological polar surface area (TPSA) is 58.6 Å². The molecule has 5 nitrogen and oxygen atoms in total. The summed E-state index contributed by atoms with van der Waals surface area (Å²) in [5.74, 6) is 0.634. The molecule has 1 aliphatic carbocycles. The van der Waals surface area contributed by atoms with Gasteiger partial charge in [-0.2, -0.15) is 0 Å². The van der Waals surface area contributed by atoms with Gasteiger partial charge in [-0.3, -0.25) is 9.59 Å². The molecule has 1 aliphatic rings. The normalized spacial score (nSPS) is 12.8. The molecular formula is C27H27FN2O3. The minimum atomic E-state index is -0.353. The van der Waals surface area contributed by atoms with Gasteiger partial charge < -0.3 is 15.0 Å². The first-order chi connectivity index (χ1) is 16.0. The molecule has 0 atom stereocenters. The van der Waals surface area contributed by atoms with Crippen molar-refractivity contribution in [3.63, 3.8) is 0 Å². The zero-order valence-electron chi connectivity index (χ0n) is 18.6. The van der Waals surface area contributed by atoms with E-state index >= 15 is 0 Å². The van der Waals surface area contributed by atoms with Crippen molar-refractivity contribution < 1.29 is 18.7 Å². The van der Waals surface area contributed by atoms with Crippen LogP contribution in [-0.2, 0) is 17.8 Å². The first kappa shape index (κ1) is 22.5. The third kappa shape index (κ3) is 6.19. The Hall–Kier alpha value is -3.67. The molecule has 6 heteroatoms. The van der Waals surface area contributed by atoms with Crippen LogP contribution in [0.25, 0.3) is 0 Å². The van der Waals surface area contributed by atoms with Crippen LogP contribution < -0.4 is 15.0 Å². The molecule has 0 bridgehead atoms. The first-order valence-electron chi connectivity index (χ1n) is 11.1. The molecule has 4 rings (SSSR count). The molecule has 0 saturated heterocycles. The van der Waals surface area contributed by atoms with Gasteiger partial charge in [0, 0.05) is 17.8 Å². The number of benzene rings is 3. The van der Waals surface area contributed by atoms with Crippen molar-refractivity contribution in [2.45, 2.75) is 25.8 Å². The fourth-order valence-corrected chi connectivity index (χ4v) is 3.63. The van der Waals surface area contributed by atoms with Crippen molar-refractivity contribution in [2.24, 2.45) is 5.92 Å². The van der Waals surface area contributed by atoms with Crippen LogP contribution in [0.2, 0.25) is 0 Å². The Kier molecular flexibility index (Phi) is 7.03. The number of nitrogens with one attached hydrogen (secondary N) is 1. The number of nitrogens with zero attached hydrogens (tertiary/aromatic N) is 1. The average molecular weight is 447 g/mol. The van der Waals surface area contributed by atoms with Crippen molar-refractivity contribution in [3.05, 3.63) is 95.3 Å². The maximum absolute atomic E-state index is 13.8. The lowest BCUT2D eigenvalue weighted by Gasteiger charge is -2.24. The van der Waals surface area contributed by atoms with Gasteiger partial charge in [0.05, 0.1) is 20.1 Å². The van der Waals surface area contributed by atoms with Crippen LogP contribution in [0.3, 0.4) is 0 Å². The van der Waals surface area contributed by atoms with Crippen molar-refractivity contribution in [2.75, 3.05) is 18.6 Å². The van der Waals surface area contributed by atoms with Crippen molar-refractivity contribution in [3.8, 4) is 5.75 Å². The summed E-state index contributed by atoms with van der Waals surface area (Å²) in [6.45, 7) is 0.947. The van der Waals surface area contributed by atoms with E-state index < -0.39 is 0 Å². The molecule has 0 aromatic heterocycles. The number of methoxy groups -OCH3 is 1. The molecule has 3 aromatic rings. The smallest absolute Gasteiger partial charge is 0.258 e. The molecule has 3 aromatic carbocycles. The van der Waals surface area contributed by atoms with Gasteiger partial charge in [0.2, 0.25) is 5.91 Å². The molecule has 0 heterocycles. The molecule has 33 heavy (non-hydrogen) atoms. The highest BCUT2D eigenvalue weighted by Crippen LogP contribution is 2.27. The summed E-state index contributed by atoms with van der Waals surface area (Å²) < 4.78 is 19.0.